The predicted molar refractivity (Wildman–Crippen MR) is 105 cm³/mol. The number of ether oxygens (including phenoxy) is 3. The Labute approximate surface area is 159 Å². The number of rotatable bonds is 9. The molecule has 0 fully saturated rings. The van der Waals surface area contributed by atoms with E-state index in [1.165, 1.54) is 11.1 Å². The summed E-state index contributed by atoms with van der Waals surface area (Å²) in [5.74, 6) is 2.90. The molecule has 0 aliphatic heterocycles. The van der Waals surface area contributed by atoms with Crippen LogP contribution in [0, 0.1) is 6.92 Å². The number of aryl methyl sites for hydroxylation is 1. The number of amides is 1. The van der Waals surface area contributed by atoms with Gasteiger partial charge in [-0.1, -0.05) is 24.3 Å². The molecular formula is C20H25NO4S. The van der Waals surface area contributed by atoms with Gasteiger partial charge in [0, 0.05) is 17.9 Å². The zero-order valence-electron chi connectivity index (χ0n) is 15.6. The number of hydrogen-bond acceptors (Lipinski definition) is 5. The Hall–Kier alpha value is -2.34. The third kappa shape index (κ3) is 5.08. The van der Waals surface area contributed by atoms with Crippen LogP contribution in [0.4, 0.5) is 0 Å². The van der Waals surface area contributed by atoms with Gasteiger partial charge in [0.15, 0.2) is 11.5 Å². The fourth-order valence-corrected chi connectivity index (χ4v) is 3.51. The van der Waals surface area contributed by atoms with E-state index in [4.69, 9.17) is 14.2 Å². The molecule has 2 rings (SSSR count). The molecule has 2 aromatic carbocycles. The molecule has 0 bridgehead atoms. The Balaban J connectivity index is 1.90. The van der Waals surface area contributed by atoms with Gasteiger partial charge in [-0.25, -0.2) is 0 Å². The molecule has 140 valence electrons. The zero-order chi connectivity index (χ0) is 18.9. The van der Waals surface area contributed by atoms with Crippen molar-refractivity contribution in [3.8, 4) is 17.2 Å². The lowest BCUT2D eigenvalue weighted by atomic mass is 10.1. The van der Waals surface area contributed by atoms with Crippen molar-refractivity contribution < 1.29 is 19.0 Å². The van der Waals surface area contributed by atoms with E-state index in [9.17, 15) is 4.79 Å². The van der Waals surface area contributed by atoms with Gasteiger partial charge in [0.25, 0.3) is 0 Å². The van der Waals surface area contributed by atoms with Crippen LogP contribution in [-0.2, 0) is 17.1 Å². The second kappa shape index (κ2) is 9.97. The number of carbonyl (C=O) groups excluding carboxylic acids is 1. The summed E-state index contributed by atoms with van der Waals surface area (Å²) in [6, 6.07) is 11.9. The van der Waals surface area contributed by atoms with Crippen molar-refractivity contribution in [1.29, 1.82) is 0 Å². The zero-order valence-corrected chi connectivity index (χ0v) is 16.4. The van der Waals surface area contributed by atoms with Crippen molar-refractivity contribution in [2.24, 2.45) is 0 Å². The third-order valence-electron chi connectivity index (χ3n) is 4.01. The summed E-state index contributed by atoms with van der Waals surface area (Å²) in [6.07, 6.45) is 0. The Morgan fingerprint density at radius 2 is 1.69 bits per heavy atom. The van der Waals surface area contributed by atoms with Crippen LogP contribution < -0.4 is 19.5 Å². The molecule has 0 aliphatic carbocycles. The minimum atomic E-state index is -0.0135. The monoisotopic (exact) mass is 375 g/mol. The van der Waals surface area contributed by atoms with E-state index < -0.39 is 0 Å². The number of methoxy groups -OCH3 is 3. The normalized spacial score (nSPS) is 10.3. The van der Waals surface area contributed by atoms with Gasteiger partial charge in [-0.3, -0.25) is 4.79 Å². The minimum Gasteiger partial charge on any atom is -0.493 e. The molecule has 0 aliphatic rings. The fraction of sp³-hybridized carbons (Fsp3) is 0.350. The second-order valence-corrected chi connectivity index (χ2v) is 6.68. The molecule has 0 heterocycles. The van der Waals surface area contributed by atoms with Gasteiger partial charge in [0.05, 0.1) is 27.1 Å². The first-order valence-electron chi connectivity index (χ1n) is 8.27. The maximum Gasteiger partial charge on any atom is 0.230 e. The van der Waals surface area contributed by atoms with E-state index in [0.29, 0.717) is 29.5 Å². The van der Waals surface area contributed by atoms with Crippen LogP contribution in [0.1, 0.15) is 16.7 Å². The Morgan fingerprint density at radius 1 is 0.962 bits per heavy atom. The molecule has 0 unspecified atom stereocenters. The van der Waals surface area contributed by atoms with Crippen molar-refractivity contribution in [3.63, 3.8) is 0 Å². The van der Waals surface area contributed by atoms with E-state index in [2.05, 4.69) is 24.4 Å². The Morgan fingerprint density at radius 3 is 2.35 bits per heavy atom. The lowest BCUT2D eigenvalue weighted by Crippen LogP contribution is -2.25. The van der Waals surface area contributed by atoms with Gasteiger partial charge in [-0.2, -0.15) is 0 Å². The minimum absolute atomic E-state index is 0.0135. The van der Waals surface area contributed by atoms with Gasteiger partial charge in [0.1, 0.15) is 0 Å². The lowest BCUT2D eigenvalue weighted by molar-refractivity contribution is -0.118. The first-order chi connectivity index (χ1) is 12.6. The van der Waals surface area contributed by atoms with Crippen LogP contribution in [0.2, 0.25) is 0 Å². The fourth-order valence-electron chi connectivity index (χ4n) is 2.57. The summed E-state index contributed by atoms with van der Waals surface area (Å²) in [5.41, 5.74) is 3.34. The summed E-state index contributed by atoms with van der Waals surface area (Å²) in [5, 5.41) is 2.93. The quantitative estimate of drug-likeness (QED) is 0.726. The molecule has 1 N–H and O–H groups in total. The summed E-state index contributed by atoms with van der Waals surface area (Å²) in [7, 11) is 4.70. The van der Waals surface area contributed by atoms with Crippen LogP contribution in [-0.4, -0.2) is 33.0 Å². The summed E-state index contributed by atoms with van der Waals surface area (Å²) in [4.78, 5) is 12.1. The Kier molecular flexibility index (Phi) is 7.66. The standard InChI is InChI=1S/C20H25NO4S/c1-14-7-5-6-8-16(14)12-26-13-18(22)21-11-15-9-10-17(23-2)20(25-4)19(15)24-3/h5-10H,11-13H2,1-4H3,(H,21,22). The van der Waals surface area contributed by atoms with Gasteiger partial charge in [0.2, 0.25) is 11.7 Å². The SMILES string of the molecule is COc1ccc(CNC(=O)CSCc2ccccc2C)c(OC)c1OC. The summed E-state index contributed by atoms with van der Waals surface area (Å²) in [6.45, 7) is 2.45. The highest BCUT2D eigenvalue weighted by Gasteiger charge is 2.16. The van der Waals surface area contributed by atoms with Crippen molar-refractivity contribution in [2.45, 2.75) is 19.2 Å². The number of benzene rings is 2. The Bertz CT molecular complexity index is 749. The molecule has 0 atom stereocenters. The molecule has 5 nitrogen and oxygen atoms in total. The van der Waals surface area contributed by atoms with Crippen LogP contribution in [0.25, 0.3) is 0 Å². The first kappa shape index (κ1) is 20.0. The highest BCUT2D eigenvalue weighted by molar-refractivity contribution is 7.99. The van der Waals surface area contributed by atoms with E-state index in [-0.39, 0.29) is 5.91 Å². The lowest BCUT2D eigenvalue weighted by Gasteiger charge is -2.16. The van der Waals surface area contributed by atoms with Crippen LogP contribution >= 0.6 is 11.8 Å². The first-order valence-corrected chi connectivity index (χ1v) is 9.43. The van der Waals surface area contributed by atoms with E-state index in [1.807, 2.05) is 18.2 Å². The molecule has 0 aromatic heterocycles. The van der Waals surface area contributed by atoms with Crippen molar-refractivity contribution in [2.75, 3.05) is 27.1 Å². The average molecular weight is 375 g/mol. The van der Waals surface area contributed by atoms with Crippen molar-refractivity contribution in [3.05, 3.63) is 53.1 Å². The third-order valence-corrected chi connectivity index (χ3v) is 5.00. The summed E-state index contributed by atoms with van der Waals surface area (Å²) >= 11 is 1.60. The molecule has 6 heteroatoms. The highest BCUT2D eigenvalue weighted by atomic mass is 32.2. The van der Waals surface area contributed by atoms with Crippen molar-refractivity contribution in [1.82, 2.24) is 5.32 Å². The maximum atomic E-state index is 12.1. The van der Waals surface area contributed by atoms with Crippen molar-refractivity contribution >= 4 is 17.7 Å². The molecule has 0 saturated heterocycles. The number of hydrogen-bond donors (Lipinski definition) is 1. The maximum absolute atomic E-state index is 12.1. The predicted octanol–water partition coefficient (Wildman–Crippen LogP) is 3.57. The molecule has 0 saturated carbocycles. The number of thioether (sulfide) groups is 1. The van der Waals surface area contributed by atoms with Crippen LogP contribution in [0.3, 0.4) is 0 Å². The van der Waals surface area contributed by atoms with Crippen LogP contribution in [0.5, 0.6) is 17.2 Å². The average Bonchev–Trinajstić information content (AvgIpc) is 2.66. The van der Waals surface area contributed by atoms with E-state index in [1.54, 1.807) is 39.2 Å². The largest absolute Gasteiger partial charge is 0.493 e. The van der Waals surface area contributed by atoms with E-state index in [0.717, 1.165) is 11.3 Å². The number of nitrogens with one attached hydrogen (secondary N) is 1. The molecular weight excluding hydrogens is 350 g/mol. The highest BCUT2D eigenvalue weighted by Crippen LogP contribution is 2.39. The summed E-state index contributed by atoms with van der Waals surface area (Å²) < 4.78 is 16.1. The second-order valence-electron chi connectivity index (χ2n) is 5.69. The van der Waals surface area contributed by atoms with Crippen LogP contribution in [0.15, 0.2) is 36.4 Å². The number of carbonyl (C=O) groups is 1. The molecule has 0 radical (unpaired) electrons. The topological polar surface area (TPSA) is 56.8 Å². The van der Waals surface area contributed by atoms with Gasteiger partial charge in [-0.15, -0.1) is 11.8 Å². The molecule has 2 aromatic rings. The van der Waals surface area contributed by atoms with E-state index >= 15 is 0 Å². The smallest absolute Gasteiger partial charge is 0.230 e. The van der Waals surface area contributed by atoms with Gasteiger partial charge >= 0.3 is 0 Å². The van der Waals surface area contributed by atoms with Gasteiger partial charge < -0.3 is 19.5 Å². The van der Waals surface area contributed by atoms with Gasteiger partial charge in [-0.05, 0) is 30.2 Å². The molecule has 0 spiro atoms. The molecule has 26 heavy (non-hydrogen) atoms. The molecule has 1 amide bonds.